The Hall–Kier alpha value is -4.86. The van der Waals surface area contributed by atoms with Crippen molar-refractivity contribution >= 4 is 41.5 Å². The molecule has 4 amide bonds. The summed E-state index contributed by atoms with van der Waals surface area (Å²) in [5.74, 6) is -1.92. The van der Waals surface area contributed by atoms with Crippen molar-refractivity contribution in [1.82, 2.24) is 21.3 Å². The van der Waals surface area contributed by atoms with Gasteiger partial charge in [-0.1, -0.05) is 60.7 Å². The second kappa shape index (κ2) is 22.5. The zero-order valence-electron chi connectivity index (χ0n) is 32.1. The molecule has 1 aliphatic rings. The van der Waals surface area contributed by atoms with Gasteiger partial charge in [-0.05, 0) is 62.5 Å². The number of esters is 1. The Kier molecular flexibility index (Phi) is 18.2. The molecular formula is C40H54N4O10S. The number of benzene rings is 2. The Morgan fingerprint density at radius 1 is 0.909 bits per heavy atom. The fourth-order valence-corrected chi connectivity index (χ4v) is 6.03. The number of carbonyl (C=O) groups is 5. The lowest BCUT2D eigenvalue weighted by Gasteiger charge is -2.32. The molecule has 3 rings (SSSR count). The van der Waals surface area contributed by atoms with Crippen LogP contribution in [0.1, 0.15) is 44.7 Å². The van der Waals surface area contributed by atoms with E-state index in [1.165, 1.54) is 31.0 Å². The molecule has 2 aromatic rings. The van der Waals surface area contributed by atoms with Crippen LogP contribution in [0.2, 0.25) is 0 Å². The molecule has 6 atom stereocenters. The second-order valence-corrected chi connectivity index (χ2v) is 14.9. The number of hydrogen-bond acceptors (Lipinski definition) is 11. The Balaban J connectivity index is 1.70. The first-order valence-electron chi connectivity index (χ1n) is 18.0. The van der Waals surface area contributed by atoms with E-state index in [9.17, 15) is 29.1 Å². The lowest BCUT2D eigenvalue weighted by molar-refractivity contribution is -0.182. The number of thioether (sulfide) groups is 1. The summed E-state index contributed by atoms with van der Waals surface area (Å²) in [5, 5.41) is 20.7. The van der Waals surface area contributed by atoms with Gasteiger partial charge in [0, 0.05) is 31.7 Å². The molecule has 0 bridgehead atoms. The summed E-state index contributed by atoms with van der Waals surface area (Å²) < 4.78 is 22.3. The number of amides is 4. The van der Waals surface area contributed by atoms with Gasteiger partial charge in [0.15, 0.2) is 6.29 Å². The van der Waals surface area contributed by atoms with Gasteiger partial charge in [0.1, 0.15) is 29.5 Å². The van der Waals surface area contributed by atoms with E-state index in [2.05, 4.69) is 27.8 Å². The van der Waals surface area contributed by atoms with Gasteiger partial charge < -0.3 is 45.3 Å². The zero-order valence-corrected chi connectivity index (χ0v) is 32.9. The fraction of sp³-hybridized carbons (Fsp3) is 0.475. The van der Waals surface area contributed by atoms with Crippen molar-refractivity contribution < 1.29 is 48.0 Å². The van der Waals surface area contributed by atoms with Crippen molar-refractivity contribution in [2.45, 2.75) is 82.6 Å². The van der Waals surface area contributed by atoms with Crippen molar-refractivity contribution in [3.63, 3.8) is 0 Å². The van der Waals surface area contributed by atoms with Crippen LogP contribution < -0.4 is 21.3 Å². The Morgan fingerprint density at radius 3 is 2.18 bits per heavy atom. The van der Waals surface area contributed by atoms with E-state index in [1.807, 2.05) is 36.6 Å². The highest BCUT2D eigenvalue weighted by atomic mass is 32.2. The molecule has 1 heterocycles. The third-order valence-electron chi connectivity index (χ3n) is 8.24. The van der Waals surface area contributed by atoms with Gasteiger partial charge in [-0.25, -0.2) is 9.59 Å². The molecule has 15 heteroatoms. The van der Waals surface area contributed by atoms with Crippen molar-refractivity contribution in [2.24, 2.45) is 5.92 Å². The number of phenolic OH excluding ortho intramolecular Hbond substituents is 1. The summed E-state index contributed by atoms with van der Waals surface area (Å²) in [6.45, 7) is 8.98. The topological polar surface area (TPSA) is 191 Å². The first kappa shape index (κ1) is 44.5. The molecule has 1 aliphatic heterocycles. The SMILES string of the molecule is C=CCO[C@H]1O[C@H](CNC(=O)[C@@H](Cc2ccc(O)cc2)NC(=O)OC(C)(C)C)C=C[C@@H]1CC(=O)N[C@@H](Cc1ccccc1)C(=O)N[C@@H](CCSC)C(=O)OC. The maximum atomic E-state index is 13.5. The molecule has 0 aliphatic carbocycles. The van der Waals surface area contributed by atoms with E-state index >= 15 is 0 Å². The predicted octanol–water partition coefficient (Wildman–Crippen LogP) is 3.57. The van der Waals surface area contributed by atoms with Gasteiger partial charge in [-0.2, -0.15) is 11.8 Å². The van der Waals surface area contributed by atoms with Gasteiger partial charge in [-0.15, -0.1) is 6.58 Å². The average molecular weight is 783 g/mol. The molecule has 5 N–H and O–H groups in total. The molecule has 0 spiro atoms. The lowest BCUT2D eigenvalue weighted by Crippen LogP contribution is -2.53. The Morgan fingerprint density at radius 2 is 1.56 bits per heavy atom. The van der Waals surface area contributed by atoms with E-state index in [0.717, 1.165) is 5.56 Å². The van der Waals surface area contributed by atoms with Gasteiger partial charge in [0.25, 0.3) is 0 Å². The quantitative estimate of drug-likeness (QED) is 0.0976. The van der Waals surface area contributed by atoms with Crippen LogP contribution in [0.4, 0.5) is 4.79 Å². The fourth-order valence-electron chi connectivity index (χ4n) is 5.56. The van der Waals surface area contributed by atoms with Crippen LogP contribution in [0, 0.1) is 5.92 Å². The van der Waals surface area contributed by atoms with E-state index in [4.69, 9.17) is 18.9 Å². The number of phenols is 1. The van der Waals surface area contributed by atoms with Crippen molar-refractivity contribution in [2.75, 3.05) is 32.3 Å². The maximum absolute atomic E-state index is 13.5. The van der Waals surface area contributed by atoms with Gasteiger partial charge in [-0.3, -0.25) is 14.4 Å². The molecule has 0 fully saturated rings. The molecular weight excluding hydrogens is 729 g/mol. The standard InChI is InChI=1S/C40H54N4O10S/c1-7-20-52-38-28(24-34(46)42-33(22-26-11-9-8-10-12-26)36(48)43-31(19-21-55-6)37(49)51-5)15-18-30(53-38)25-41-35(47)32(44-39(50)54-40(2,3)4)23-27-13-16-29(45)17-14-27/h7-18,28,30-33,38,45H,1,19-25H2,2-6H3,(H,41,47)(H,42,46)(H,43,48)(H,44,50)/t28-,30+,31+,32-,33+,38+/m1/s1. The molecule has 14 nitrogen and oxygen atoms in total. The molecule has 2 aromatic carbocycles. The highest BCUT2D eigenvalue weighted by molar-refractivity contribution is 7.98. The monoisotopic (exact) mass is 782 g/mol. The van der Waals surface area contributed by atoms with Crippen LogP contribution in [0.15, 0.2) is 79.4 Å². The average Bonchev–Trinajstić information content (AvgIpc) is 3.14. The number of alkyl carbamates (subject to hydrolysis) is 1. The number of rotatable bonds is 20. The van der Waals surface area contributed by atoms with Gasteiger partial charge in [0.05, 0.1) is 19.8 Å². The van der Waals surface area contributed by atoms with E-state index < -0.39 is 71.8 Å². The smallest absolute Gasteiger partial charge is 0.408 e. The van der Waals surface area contributed by atoms with Crippen LogP contribution >= 0.6 is 11.8 Å². The highest BCUT2D eigenvalue weighted by Crippen LogP contribution is 2.24. The molecule has 0 aromatic heterocycles. The third kappa shape index (κ3) is 16.2. The number of ether oxygens (including phenoxy) is 4. The largest absolute Gasteiger partial charge is 0.508 e. The minimum absolute atomic E-state index is 0.0154. The van der Waals surface area contributed by atoms with Crippen LogP contribution in [0.25, 0.3) is 0 Å². The number of nitrogens with one attached hydrogen (secondary N) is 4. The minimum atomic E-state index is -1.01. The summed E-state index contributed by atoms with van der Waals surface area (Å²) >= 11 is 1.53. The normalized spacial score (nSPS) is 18.2. The maximum Gasteiger partial charge on any atom is 0.408 e. The summed E-state index contributed by atoms with van der Waals surface area (Å²) in [4.78, 5) is 65.5. The van der Waals surface area contributed by atoms with E-state index in [0.29, 0.717) is 17.7 Å². The van der Waals surface area contributed by atoms with Crippen molar-refractivity contribution in [3.05, 3.63) is 90.5 Å². The number of hydrogen-bond donors (Lipinski definition) is 5. The molecule has 55 heavy (non-hydrogen) atoms. The number of methoxy groups -OCH3 is 1. The van der Waals surface area contributed by atoms with Crippen molar-refractivity contribution in [1.29, 1.82) is 0 Å². The minimum Gasteiger partial charge on any atom is -0.508 e. The highest BCUT2D eigenvalue weighted by Gasteiger charge is 2.33. The molecule has 0 radical (unpaired) electrons. The number of aromatic hydroxyl groups is 1. The molecule has 0 saturated carbocycles. The van der Waals surface area contributed by atoms with E-state index in [-0.39, 0.29) is 38.2 Å². The first-order chi connectivity index (χ1) is 26.2. The lowest BCUT2D eigenvalue weighted by atomic mass is 9.99. The van der Waals surface area contributed by atoms with Crippen LogP contribution in [0.3, 0.4) is 0 Å². The molecule has 0 unspecified atom stereocenters. The first-order valence-corrected chi connectivity index (χ1v) is 19.4. The summed E-state index contributed by atoms with van der Waals surface area (Å²) in [6, 6.07) is 12.6. The van der Waals surface area contributed by atoms with Crippen LogP contribution in [-0.4, -0.2) is 103 Å². The summed E-state index contributed by atoms with van der Waals surface area (Å²) in [6.07, 6.45) is 5.16. The third-order valence-corrected chi connectivity index (χ3v) is 8.88. The predicted molar refractivity (Wildman–Crippen MR) is 209 cm³/mol. The Bertz CT molecular complexity index is 1600. The zero-order chi connectivity index (χ0) is 40.4. The summed E-state index contributed by atoms with van der Waals surface area (Å²) in [7, 11) is 1.26. The van der Waals surface area contributed by atoms with Crippen molar-refractivity contribution in [3.8, 4) is 5.75 Å². The molecule has 300 valence electrons. The Labute approximate surface area is 327 Å². The van der Waals surface area contributed by atoms with Gasteiger partial charge >= 0.3 is 12.1 Å². The van der Waals surface area contributed by atoms with Crippen LogP contribution in [0.5, 0.6) is 5.75 Å². The summed E-state index contributed by atoms with van der Waals surface area (Å²) in [5.41, 5.74) is 0.727. The van der Waals surface area contributed by atoms with Gasteiger partial charge in [0.2, 0.25) is 17.7 Å². The van der Waals surface area contributed by atoms with E-state index in [1.54, 1.807) is 51.1 Å². The molecule has 0 saturated heterocycles. The number of carbonyl (C=O) groups excluding carboxylic acids is 5. The second-order valence-electron chi connectivity index (χ2n) is 13.9. The van der Waals surface area contributed by atoms with Crippen LogP contribution in [-0.2, 0) is 51.0 Å².